The first-order chi connectivity index (χ1) is 8.97. The Morgan fingerprint density at radius 3 is 2.68 bits per heavy atom. The van der Waals surface area contributed by atoms with E-state index in [4.69, 9.17) is 0 Å². The van der Waals surface area contributed by atoms with Gasteiger partial charge in [0, 0.05) is 4.47 Å². The van der Waals surface area contributed by atoms with Gasteiger partial charge in [-0.3, -0.25) is 4.79 Å². The predicted molar refractivity (Wildman–Crippen MR) is 78.7 cm³/mol. The Labute approximate surface area is 126 Å². The number of amides is 1. The highest BCUT2D eigenvalue weighted by molar-refractivity contribution is 9.10. The van der Waals surface area contributed by atoms with Crippen molar-refractivity contribution < 1.29 is 9.18 Å². The van der Waals surface area contributed by atoms with E-state index in [1.165, 1.54) is 12.1 Å². The molecule has 2 aromatic rings. The number of benzene rings is 1. The lowest BCUT2D eigenvalue weighted by Gasteiger charge is -2.09. The Morgan fingerprint density at radius 2 is 2.00 bits per heavy atom. The van der Waals surface area contributed by atoms with Crippen molar-refractivity contribution in [3.63, 3.8) is 0 Å². The van der Waals surface area contributed by atoms with Crippen molar-refractivity contribution in [2.45, 2.75) is 6.92 Å². The zero-order valence-corrected chi connectivity index (χ0v) is 13.0. The van der Waals surface area contributed by atoms with Gasteiger partial charge in [-0.1, -0.05) is 15.9 Å². The molecule has 0 aliphatic rings. The van der Waals surface area contributed by atoms with E-state index in [0.717, 1.165) is 0 Å². The molecule has 0 saturated carbocycles. The molecule has 0 bridgehead atoms. The number of hydrogen-bond acceptors (Lipinski definition) is 2. The molecule has 0 unspecified atom stereocenters. The molecule has 0 atom stereocenters. The topological polar surface area (TPSA) is 42.0 Å². The number of anilines is 1. The molecule has 2 rings (SSSR count). The van der Waals surface area contributed by atoms with E-state index in [0.29, 0.717) is 20.5 Å². The van der Waals surface area contributed by atoms with Crippen LogP contribution in [0.2, 0.25) is 0 Å². The number of aromatic nitrogens is 1. The molecular formula is C13H9Br2FN2O. The van der Waals surface area contributed by atoms with Crippen LogP contribution in [0.5, 0.6) is 0 Å². The van der Waals surface area contributed by atoms with E-state index in [1.807, 2.05) is 0 Å². The van der Waals surface area contributed by atoms with E-state index >= 15 is 0 Å². The lowest BCUT2D eigenvalue weighted by atomic mass is 10.2. The largest absolute Gasteiger partial charge is 0.320 e. The molecule has 0 aliphatic heterocycles. The summed E-state index contributed by atoms with van der Waals surface area (Å²) in [6, 6.07) is 7.64. The van der Waals surface area contributed by atoms with Gasteiger partial charge in [0.2, 0.25) is 0 Å². The quantitative estimate of drug-likeness (QED) is 0.780. The first-order valence-electron chi connectivity index (χ1n) is 5.37. The number of halogens is 3. The molecule has 0 radical (unpaired) electrons. The van der Waals surface area contributed by atoms with E-state index in [-0.39, 0.29) is 5.56 Å². The minimum atomic E-state index is -0.566. The molecule has 19 heavy (non-hydrogen) atoms. The van der Waals surface area contributed by atoms with Gasteiger partial charge < -0.3 is 5.32 Å². The smallest absolute Gasteiger partial charge is 0.258 e. The average Bonchev–Trinajstić information content (AvgIpc) is 2.35. The summed E-state index contributed by atoms with van der Waals surface area (Å²) in [7, 11) is 0. The van der Waals surface area contributed by atoms with Crippen molar-refractivity contribution in [2.24, 2.45) is 0 Å². The summed E-state index contributed by atoms with van der Waals surface area (Å²) in [6.07, 6.45) is 0. The molecule has 1 heterocycles. The Hall–Kier alpha value is -1.27. The molecule has 0 saturated heterocycles. The van der Waals surface area contributed by atoms with Crippen LogP contribution in [-0.2, 0) is 0 Å². The molecule has 0 fully saturated rings. The third-order valence-electron chi connectivity index (χ3n) is 2.47. The summed E-state index contributed by atoms with van der Waals surface area (Å²) in [4.78, 5) is 16.2. The Balaban J connectivity index is 2.28. The second kappa shape index (κ2) is 5.79. The van der Waals surface area contributed by atoms with E-state index < -0.39 is 11.7 Å². The standard InChI is InChI=1S/C13H9Br2FN2O/c1-7-11(4-5-12(15)17-7)18-13(19)9-6-8(14)2-3-10(9)16/h2-6H,1H3,(H,18,19). The maximum Gasteiger partial charge on any atom is 0.258 e. The van der Waals surface area contributed by atoms with Gasteiger partial charge in [-0.2, -0.15) is 0 Å². The molecule has 1 amide bonds. The van der Waals surface area contributed by atoms with Gasteiger partial charge in [0.05, 0.1) is 16.9 Å². The van der Waals surface area contributed by atoms with Crippen LogP contribution in [0.4, 0.5) is 10.1 Å². The van der Waals surface area contributed by atoms with E-state index in [1.54, 1.807) is 25.1 Å². The summed E-state index contributed by atoms with van der Waals surface area (Å²) in [6.45, 7) is 1.76. The molecule has 0 aliphatic carbocycles. The number of nitrogens with zero attached hydrogens (tertiary/aromatic N) is 1. The normalized spacial score (nSPS) is 10.3. The van der Waals surface area contributed by atoms with E-state index in [2.05, 4.69) is 42.2 Å². The highest BCUT2D eigenvalue weighted by atomic mass is 79.9. The molecule has 1 N–H and O–H groups in total. The van der Waals surface area contributed by atoms with Gasteiger partial charge in [-0.05, 0) is 53.2 Å². The molecule has 0 spiro atoms. The SMILES string of the molecule is Cc1nc(Br)ccc1NC(=O)c1cc(Br)ccc1F. The van der Waals surface area contributed by atoms with Crippen molar-refractivity contribution in [3.8, 4) is 0 Å². The lowest BCUT2D eigenvalue weighted by Crippen LogP contribution is -2.15. The first kappa shape index (κ1) is 14.1. The monoisotopic (exact) mass is 386 g/mol. The second-order valence-corrected chi connectivity index (χ2v) is 5.57. The summed E-state index contributed by atoms with van der Waals surface area (Å²) in [5.41, 5.74) is 1.18. The number of rotatable bonds is 2. The van der Waals surface area contributed by atoms with Crippen molar-refractivity contribution in [1.29, 1.82) is 0 Å². The first-order valence-corrected chi connectivity index (χ1v) is 6.95. The molecule has 1 aromatic carbocycles. The maximum absolute atomic E-state index is 13.6. The lowest BCUT2D eigenvalue weighted by molar-refractivity contribution is 0.102. The van der Waals surface area contributed by atoms with Gasteiger partial charge in [-0.25, -0.2) is 9.37 Å². The fourth-order valence-corrected chi connectivity index (χ4v) is 2.28. The van der Waals surface area contributed by atoms with Gasteiger partial charge in [0.15, 0.2) is 0 Å². The zero-order valence-electron chi connectivity index (χ0n) is 9.88. The van der Waals surface area contributed by atoms with Crippen LogP contribution >= 0.6 is 31.9 Å². The summed E-state index contributed by atoms with van der Waals surface area (Å²) in [5.74, 6) is -1.07. The maximum atomic E-state index is 13.6. The zero-order chi connectivity index (χ0) is 14.0. The highest BCUT2D eigenvalue weighted by Crippen LogP contribution is 2.20. The predicted octanol–water partition coefficient (Wildman–Crippen LogP) is 4.31. The Kier molecular flexibility index (Phi) is 4.31. The van der Waals surface area contributed by atoms with Crippen LogP contribution in [0.15, 0.2) is 39.4 Å². The highest BCUT2D eigenvalue weighted by Gasteiger charge is 2.13. The Morgan fingerprint density at radius 1 is 1.26 bits per heavy atom. The van der Waals surface area contributed by atoms with Crippen LogP contribution in [0.25, 0.3) is 0 Å². The van der Waals surface area contributed by atoms with Gasteiger partial charge >= 0.3 is 0 Å². The minimum Gasteiger partial charge on any atom is -0.320 e. The number of hydrogen-bond donors (Lipinski definition) is 1. The van der Waals surface area contributed by atoms with Crippen LogP contribution < -0.4 is 5.32 Å². The molecule has 6 heteroatoms. The van der Waals surface area contributed by atoms with Gasteiger partial charge in [0.1, 0.15) is 10.4 Å². The van der Waals surface area contributed by atoms with Crippen molar-refractivity contribution in [2.75, 3.05) is 5.32 Å². The fourth-order valence-electron chi connectivity index (χ4n) is 1.52. The van der Waals surface area contributed by atoms with Crippen molar-refractivity contribution >= 4 is 43.5 Å². The Bertz CT molecular complexity index is 647. The van der Waals surface area contributed by atoms with Crippen molar-refractivity contribution in [1.82, 2.24) is 4.98 Å². The van der Waals surface area contributed by atoms with Gasteiger partial charge in [0.25, 0.3) is 5.91 Å². The summed E-state index contributed by atoms with van der Waals surface area (Å²) >= 11 is 6.45. The number of pyridine rings is 1. The number of nitrogens with one attached hydrogen (secondary N) is 1. The summed E-state index contributed by atoms with van der Waals surface area (Å²) in [5, 5.41) is 2.64. The number of carbonyl (C=O) groups is 1. The van der Waals surface area contributed by atoms with Crippen LogP contribution in [0, 0.1) is 12.7 Å². The van der Waals surface area contributed by atoms with Crippen LogP contribution in [0.1, 0.15) is 16.1 Å². The number of aryl methyl sites for hydroxylation is 1. The average molecular weight is 388 g/mol. The van der Waals surface area contributed by atoms with Crippen LogP contribution in [-0.4, -0.2) is 10.9 Å². The molecular weight excluding hydrogens is 379 g/mol. The third kappa shape index (κ3) is 3.39. The second-order valence-electron chi connectivity index (χ2n) is 3.85. The molecule has 1 aromatic heterocycles. The van der Waals surface area contributed by atoms with Crippen molar-refractivity contribution in [3.05, 3.63) is 56.5 Å². The molecule has 3 nitrogen and oxygen atoms in total. The third-order valence-corrected chi connectivity index (χ3v) is 3.41. The summed E-state index contributed by atoms with van der Waals surface area (Å²) < 4.78 is 14.9. The minimum absolute atomic E-state index is 0.0170. The van der Waals surface area contributed by atoms with E-state index in [9.17, 15) is 9.18 Å². The van der Waals surface area contributed by atoms with Gasteiger partial charge in [-0.15, -0.1) is 0 Å². The number of carbonyl (C=O) groups excluding carboxylic acids is 1. The fraction of sp³-hybridized carbons (Fsp3) is 0.0769. The van der Waals surface area contributed by atoms with Crippen LogP contribution in [0.3, 0.4) is 0 Å². The molecule has 98 valence electrons.